The molecule has 0 atom stereocenters. The zero-order valence-corrected chi connectivity index (χ0v) is 12.0. The minimum Gasteiger partial charge on any atom is -0.326 e. The molecule has 1 aromatic heterocycles. The zero-order valence-electron chi connectivity index (χ0n) is 11.2. The third-order valence-electron chi connectivity index (χ3n) is 2.44. The molecule has 6 nitrogen and oxygen atoms in total. The molecule has 0 saturated heterocycles. The van der Waals surface area contributed by atoms with Crippen LogP contribution in [-0.4, -0.2) is 17.8 Å². The number of nitrogens with one attached hydrogen (secondary N) is 3. The summed E-state index contributed by atoms with van der Waals surface area (Å²) < 4.78 is 0. The van der Waals surface area contributed by atoms with Crippen molar-refractivity contribution in [3.63, 3.8) is 0 Å². The Morgan fingerprint density at radius 2 is 1.57 bits per heavy atom. The lowest BCUT2D eigenvalue weighted by atomic mass is 10.3. The SMILES string of the molecule is CC(=O)Nc1ccc(NC(=O)NC(=O)c2cccs2)cc1. The third kappa shape index (κ3) is 4.43. The molecule has 2 rings (SSSR count). The predicted molar refractivity (Wildman–Crippen MR) is 81.5 cm³/mol. The van der Waals surface area contributed by atoms with Gasteiger partial charge in [-0.1, -0.05) is 6.07 Å². The maximum absolute atomic E-state index is 11.7. The number of anilines is 2. The summed E-state index contributed by atoms with van der Waals surface area (Å²) in [6.45, 7) is 1.41. The number of imide groups is 1. The highest BCUT2D eigenvalue weighted by Crippen LogP contribution is 2.13. The molecule has 0 radical (unpaired) electrons. The van der Waals surface area contributed by atoms with Gasteiger partial charge in [-0.15, -0.1) is 11.3 Å². The largest absolute Gasteiger partial charge is 0.326 e. The van der Waals surface area contributed by atoms with Crippen molar-refractivity contribution in [1.82, 2.24) is 5.32 Å². The van der Waals surface area contributed by atoms with Crippen LogP contribution in [0.25, 0.3) is 0 Å². The highest BCUT2D eigenvalue weighted by molar-refractivity contribution is 7.12. The van der Waals surface area contributed by atoms with Crippen molar-refractivity contribution in [2.75, 3.05) is 10.6 Å². The van der Waals surface area contributed by atoms with Crippen LogP contribution in [0.2, 0.25) is 0 Å². The number of urea groups is 1. The summed E-state index contributed by atoms with van der Waals surface area (Å²) in [6, 6.07) is 9.31. The lowest BCUT2D eigenvalue weighted by Crippen LogP contribution is -2.33. The molecular formula is C14H13N3O3S. The summed E-state index contributed by atoms with van der Waals surface area (Å²) in [4.78, 5) is 34.7. The van der Waals surface area contributed by atoms with Gasteiger partial charge < -0.3 is 10.6 Å². The fourth-order valence-electron chi connectivity index (χ4n) is 1.57. The fraction of sp³-hybridized carbons (Fsp3) is 0.0714. The molecule has 0 saturated carbocycles. The van der Waals surface area contributed by atoms with Gasteiger partial charge in [-0.2, -0.15) is 0 Å². The molecule has 0 aliphatic heterocycles. The van der Waals surface area contributed by atoms with E-state index in [-0.39, 0.29) is 5.91 Å². The number of thiophene rings is 1. The molecule has 0 bridgehead atoms. The van der Waals surface area contributed by atoms with E-state index in [2.05, 4.69) is 16.0 Å². The lowest BCUT2D eigenvalue weighted by Gasteiger charge is -2.07. The van der Waals surface area contributed by atoms with Gasteiger partial charge in [0.15, 0.2) is 0 Å². The minimum absolute atomic E-state index is 0.171. The summed E-state index contributed by atoms with van der Waals surface area (Å²) in [5.74, 6) is -0.618. The van der Waals surface area contributed by atoms with E-state index in [4.69, 9.17) is 0 Å². The molecule has 1 aromatic carbocycles. The van der Waals surface area contributed by atoms with Crippen molar-refractivity contribution < 1.29 is 14.4 Å². The normalized spacial score (nSPS) is 9.76. The summed E-state index contributed by atoms with van der Waals surface area (Å²) >= 11 is 1.25. The second kappa shape index (κ2) is 6.67. The number of benzene rings is 1. The summed E-state index contributed by atoms with van der Waals surface area (Å²) in [7, 11) is 0. The monoisotopic (exact) mass is 303 g/mol. The molecule has 7 heteroatoms. The van der Waals surface area contributed by atoms with Gasteiger partial charge in [0.2, 0.25) is 5.91 Å². The van der Waals surface area contributed by atoms with Crippen LogP contribution in [0.15, 0.2) is 41.8 Å². The second-order valence-electron chi connectivity index (χ2n) is 4.14. The molecule has 0 aliphatic carbocycles. The Hall–Kier alpha value is -2.67. The first-order valence-corrected chi connectivity index (χ1v) is 6.96. The topological polar surface area (TPSA) is 87.3 Å². The van der Waals surface area contributed by atoms with Crippen LogP contribution < -0.4 is 16.0 Å². The van der Waals surface area contributed by atoms with Crippen LogP contribution in [0.1, 0.15) is 16.6 Å². The zero-order chi connectivity index (χ0) is 15.2. The molecule has 3 N–H and O–H groups in total. The first-order valence-electron chi connectivity index (χ1n) is 6.08. The number of carbonyl (C=O) groups excluding carboxylic acids is 3. The van der Waals surface area contributed by atoms with Gasteiger partial charge in [0.1, 0.15) is 0 Å². The van der Waals surface area contributed by atoms with Gasteiger partial charge in [-0.3, -0.25) is 14.9 Å². The molecular weight excluding hydrogens is 290 g/mol. The van der Waals surface area contributed by atoms with Crippen molar-refractivity contribution in [1.29, 1.82) is 0 Å². The lowest BCUT2D eigenvalue weighted by molar-refractivity contribution is -0.114. The van der Waals surface area contributed by atoms with E-state index in [0.717, 1.165) is 0 Å². The molecule has 0 spiro atoms. The van der Waals surface area contributed by atoms with Crippen LogP contribution in [0.4, 0.5) is 16.2 Å². The molecule has 4 amide bonds. The number of rotatable bonds is 3. The van der Waals surface area contributed by atoms with Crippen LogP contribution >= 0.6 is 11.3 Å². The van der Waals surface area contributed by atoms with Crippen LogP contribution in [0, 0.1) is 0 Å². The van der Waals surface area contributed by atoms with E-state index < -0.39 is 11.9 Å². The van der Waals surface area contributed by atoms with Gasteiger partial charge in [0.05, 0.1) is 4.88 Å². The van der Waals surface area contributed by atoms with Crippen LogP contribution in [-0.2, 0) is 4.79 Å². The quantitative estimate of drug-likeness (QED) is 0.814. The summed E-state index contributed by atoms with van der Waals surface area (Å²) in [5, 5.41) is 9.14. The molecule has 2 aromatic rings. The number of hydrogen-bond acceptors (Lipinski definition) is 4. The third-order valence-corrected chi connectivity index (χ3v) is 3.30. The Kier molecular flexibility index (Phi) is 4.68. The Morgan fingerprint density at radius 3 is 2.10 bits per heavy atom. The Labute approximate surface area is 125 Å². The smallest absolute Gasteiger partial charge is 0.326 e. The maximum Gasteiger partial charge on any atom is 0.326 e. The average Bonchev–Trinajstić information content (AvgIpc) is 2.94. The highest BCUT2D eigenvalue weighted by atomic mass is 32.1. The molecule has 21 heavy (non-hydrogen) atoms. The maximum atomic E-state index is 11.7. The molecule has 0 aliphatic rings. The van der Waals surface area contributed by atoms with Gasteiger partial charge in [-0.25, -0.2) is 4.79 Å². The van der Waals surface area contributed by atoms with Crippen molar-refractivity contribution in [2.24, 2.45) is 0 Å². The van der Waals surface area contributed by atoms with E-state index in [1.807, 2.05) is 0 Å². The molecule has 108 valence electrons. The predicted octanol–water partition coefficient (Wildman–Crippen LogP) is 2.67. The van der Waals surface area contributed by atoms with Crippen molar-refractivity contribution in [3.8, 4) is 0 Å². The number of carbonyl (C=O) groups is 3. The first kappa shape index (κ1) is 14.7. The van der Waals surface area contributed by atoms with Crippen molar-refractivity contribution in [3.05, 3.63) is 46.7 Å². The van der Waals surface area contributed by atoms with E-state index in [1.165, 1.54) is 18.3 Å². The van der Waals surface area contributed by atoms with E-state index in [0.29, 0.717) is 16.3 Å². The average molecular weight is 303 g/mol. The van der Waals surface area contributed by atoms with Gasteiger partial charge in [0.25, 0.3) is 5.91 Å². The Balaban J connectivity index is 1.90. The summed E-state index contributed by atoms with van der Waals surface area (Å²) in [5.41, 5.74) is 1.14. The van der Waals surface area contributed by atoms with Gasteiger partial charge in [0, 0.05) is 18.3 Å². The van der Waals surface area contributed by atoms with Crippen molar-refractivity contribution in [2.45, 2.75) is 6.92 Å². The molecule has 0 fully saturated rings. The second-order valence-corrected chi connectivity index (χ2v) is 5.09. The Bertz CT molecular complexity index is 651. The van der Waals surface area contributed by atoms with E-state index >= 15 is 0 Å². The Morgan fingerprint density at radius 1 is 0.952 bits per heavy atom. The number of hydrogen-bond donors (Lipinski definition) is 3. The number of amides is 4. The summed E-state index contributed by atoms with van der Waals surface area (Å²) in [6.07, 6.45) is 0. The molecule has 0 unspecified atom stereocenters. The first-order chi connectivity index (χ1) is 10.0. The van der Waals surface area contributed by atoms with Gasteiger partial charge in [-0.05, 0) is 35.7 Å². The highest BCUT2D eigenvalue weighted by Gasteiger charge is 2.10. The molecule has 1 heterocycles. The standard InChI is InChI=1S/C14H13N3O3S/c1-9(18)15-10-4-6-11(7-5-10)16-14(20)17-13(19)12-3-2-8-21-12/h2-8H,1H3,(H,15,18)(H2,16,17,19,20). The van der Waals surface area contributed by atoms with Crippen LogP contribution in [0.5, 0.6) is 0 Å². The van der Waals surface area contributed by atoms with E-state index in [1.54, 1.807) is 41.8 Å². The minimum atomic E-state index is -0.610. The van der Waals surface area contributed by atoms with Crippen molar-refractivity contribution >= 4 is 40.6 Å². The van der Waals surface area contributed by atoms with E-state index in [9.17, 15) is 14.4 Å². The van der Waals surface area contributed by atoms with Crippen LogP contribution in [0.3, 0.4) is 0 Å². The fourth-order valence-corrected chi connectivity index (χ4v) is 2.19. The van der Waals surface area contributed by atoms with Gasteiger partial charge >= 0.3 is 6.03 Å².